The molecule has 152 valence electrons. The number of unbranched alkanes of at least 4 members (excludes halogenated alkanes) is 1. The monoisotopic (exact) mass is 405 g/mol. The number of rotatable bonds is 8. The number of carbonyl (C=O) groups is 1. The molecule has 1 amide bonds. The average molecular weight is 406 g/mol. The normalized spacial score (nSPS) is 15.2. The number of fused-ring (bicyclic) bond motifs is 1. The summed E-state index contributed by atoms with van der Waals surface area (Å²) in [5, 5.41) is 7.75. The molecule has 1 aromatic carbocycles. The molecule has 1 aromatic heterocycles. The van der Waals surface area contributed by atoms with Crippen molar-refractivity contribution in [1.82, 2.24) is 15.1 Å². The van der Waals surface area contributed by atoms with Crippen LogP contribution in [0.4, 0.5) is 0 Å². The molecule has 0 bridgehead atoms. The number of halogens is 1. The van der Waals surface area contributed by atoms with E-state index in [0.29, 0.717) is 36.1 Å². The molecular weight excluding hydrogens is 378 g/mol. The minimum Gasteiger partial charge on any atom is -0.494 e. The fourth-order valence-corrected chi connectivity index (χ4v) is 3.79. The van der Waals surface area contributed by atoms with E-state index in [9.17, 15) is 4.79 Å². The lowest BCUT2D eigenvalue weighted by atomic mass is 10.1. The standard InChI is InChI=1S/C21H28ClN3O3/c1-5-7-8-25-20(22)19(14(4)24-25)21(26)23-12-16-11-18-15(9-13(3)28-18)10-17(16)27-6-2/h10-11,13H,5-9,12H2,1-4H3,(H,23,26)/t13-/m0/s1. The zero-order valence-corrected chi connectivity index (χ0v) is 17.7. The van der Waals surface area contributed by atoms with Gasteiger partial charge in [0.1, 0.15) is 22.8 Å². The Morgan fingerprint density at radius 3 is 2.93 bits per heavy atom. The molecule has 2 heterocycles. The molecular formula is C21H28ClN3O3. The van der Waals surface area contributed by atoms with Crippen LogP contribution in [-0.2, 0) is 19.5 Å². The van der Waals surface area contributed by atoms with Crippen LogP contribution in [0.2, 0.25) is 5.15 Å². The Balaban J connectivity index is 1.76. The first-order valence-electron chi connectivity index (χ1n) is 9.90. The van der Waals surface area contributed by atoms with Crippen molar-refractivity contribution in [2.45, 2.75) is 66.2 Å². The van der Waals surface area contributed by atoms with Crippen LogP contribution in [0.3, 0.4) is 0 Å². The molecule has 0 spiro atoms. The molecule has 0 fully saturated rings. The first kappa shape index (κ1) is 20.5. The number of amides is 1. The van der Waals surface area contributed by atoms with Crippen molar-refractivity contribution >= 4 is 17.5 Å². The molecule has 1 N–H and O–H groups in total. The van der Waals surface area contributed by atoms with Gasteiger partial charge >= 0.3 is 0 Å². The number of nitrogens with one attached hydrogen (secondary N) is 1. The highest BCUT2D eigenvalue weighted by Gasteiger charge is 2.23. The highest BCUT2D eigenvalue weighted by molar-refractivity contribution is 6.33. The smallest absolute Gasteiger partial charge is 0.256 e. The lowest BCUT2D eigenvalue weighted by Gasteiger charge is -2.13. The Hall–Kier alpha value is -2.21. The summed E-state index contributed by atoms with van der Waals surface area (Å²) in [6.45, 7) is 9.50. The van der Waals surface area contributed by atoms with E-state index < -0.39 is 0 Å². The number of nitrogens with zero attached hydrogens (tertiary/aromatic N) is 2. The van der Waals surface area contributed by atoms with E-state index in [-0.39, 0.29) is 12.0 Å². The van der Waals surface area contributed by atoms with E-state index in [1.54, 1.807) is 11.6 Å². The fourth-order valence-electron chi connectivity index (χ4n) is 3.44. The lowest BCUT2D eigenvalue weighted by molar-refractivity contribution is 0.0950. The highest BCUT2D eigenvalue weighted by atomic mass is 35.5. The number of hydrogen-bond acceptors (Lipinski definition) is 4. The van der Waals surface area contributed by atoms with Crippen molar-refractivity contribution in [2.24, 2.45) is 0 Å². The third-order valence-corrected chi connectivity index (χ3v) is 5.22. The predicted molar refractivity (Wildman–Crippen MR) is 109 cm³/mol. The summed E-state index contributed by atoms with van der Waals surface area (Å²) in [5.74, 6) is 1.41. The van der Waals surface area contributed by atoms with Crippen LogP contribution in [0.15, 0.2) is 12.1 Å². The summed E-state index contributed by atoms with van der Waals surface area (Å²) in [4.78, 5) is 12.8. The second-order valence-electron chi connectivity index (χ2n) is 7.14. The van der Waals surface area contributed by atoms with Gasteiger partial charge in [-0.2, -0.15) is 5.10 Å². The SMILES string of the molecule is CCCCn1nc(C)c(C(=O)NCc2cc3c(cc2OCC)C[C@H](C)O3)c1Cl. The van der Waals surface area contributed by atoms with E-state index in [4.69, 9.17) is 21.1 Å². The minimum atomic E-state index is -0.234. The Kier molecular flexibility index (Phi) is 6.50. The maximum absolute atomic E-state index is 12.8. The summed E-state index contributed by atoms with van der Waals surface area (Å²) in [6.07, 6.45) is 3.03. The average Bonchev–Trinajstić information content (AvgIpc) is 3.15. The molecule has 7 heteroatoms. The van der Waals surface area contributed by atoms with Crippen molar-refractivity contribution < 1.29 is 14.3 Å². The molecule has 2 aromatic rings. The number of benzene rings is 1. The van der Waals surface area contributed by atoms with Crippen molar-refractivity contribution in [3.8, 4) is 11.5 Å². The lowest BCUT2D eigenvalue weighted by Crippen LogP contribution is -2.24. The van der Waals surface area contributed by atoms with Gasteiger partial charge in [0.15, 0.2) is 0 Å². The van der Waals surface area contributed by atoms with E-state index in [2.05, 4.69) is 17.3 Å². The summed E-state index contributed by atoms with van der Waals surface area (Å²) in [5.41, 5.74) is 3.09. The molecule has 1 aliphatic rings. The fraction of sp³-hybridized carbons (Fsp3) is 0.524. The summed E-state index contributed by atoms with van der Waals surface area (Å²) in [6, 6.07) is 3.98. The summed E-state index contributed by atoms with van der Waals surface area (Å²) >= 11 is 6.41. The van der Waals surface area contributed by atoms with Crippen LogP contribution < -0.4 is 14.8 Å². The van der Waals surface area contributed by atoms with Gasteiger partial charge in [0, 0.05) is 30.6 Å². The predicted octanol–water partition coefficient (Wildman–Crippen LogP) is 4.30. The second-order valence-corrected chi connectivity index (χ2v) is 7.50. The van der Waals surface area contributed by atoms with Crippen LogP contribution in [0.5, 0.6) is 11.5 Å². The molecule has 0 radical (unpaired) electrons. The van der Waals surface area contributed by atoms with Crippen LogP contribution in [0.25, 0.3) is 0 Å². The van der Waals surface area contributed by atoms with Crippen molar-refractivity contribution in [1.29, 1.82) is 0 Å². The van der Waals surface area contributed by atoms with Crippen LogP contribution in [0, 0.1) is 6.92 Å². The Morgan fingerprint density at radius 2 is 2.21 bits per heavy atom. The maximum atomic E-state index is 12.8. The topological polar surface area (TPSA) is 65.4 Å². The quantitative estimate of drug-likeness (QED) is 0.711. The van der Waals surface area contributed by atoms with Gasteiger partial charge in [-0.15, -0.1) is 0 Å². The van der Waals surface area contributed by atoms with E-state index in [0.717, 1.165) is 41.9 Å². The maximum Gasteiger partial charge on any atom is 0.256 e. The van der Waals surface area contributed by atoms with E-state index in [1.807, 2.05) is 26.0 Å². The van der Waals surface area contributed by atoms with Crippen molar-refractivity contribution in [3.63, 3.8) is 0 Å². The minimum absolute atomic E-state index is 0.157. The Labute approximate surface area is 171 Å². The second kappa shape index (κ2) is 8.86. The number of hydrogen-bond donors (Lipinski definition) is 1. The van der Waals surface area contributed by atoms with Gasteiger partial charge in [0.05, 0.1) is 17.9 Å². The number of ether oxygens (including phenoxy) is 2. The number of carbonyl (C=O) groups excluding carboxylic acids is 1. The molecule has 1 aliphatic heterocycles. The Bertz CT molecular complexity index is 863. The molecule has 0 saturated heterocycles. The summed E-state index contributed by atoms with van der Waals surface area (Å²) < 4.78 is 13.3. The molecule has 0 aliphatic carbocycles. The summed E-state index contributed by atoms with van der Waals surface area (Å²) in [7, 11) is 0. The van der Waals surface area contributed by atoms with Gasteiger partial charge < -0.3 is 14.8 Å². The van der Waals surface area contributed by atoms with E-state index >= 15 is 0 Å². The number of aromatic nitrogens is 2. The third-order valence-electron chi connectivity index (χ3n) is 4.83. The first-order valence-corrected chi connectivity index (χ1v) is 10.3. The van der Waals surface area contributed by atoms with Crippen LogP contribution in [-0.4, -0.2) is 28.4 Å². The van der Waals surface area contributed by atoms with Gasteiger partial charge in [-0.05, 0) is 39.3 Å². The zero-order valence-electron chi connectivity index (χ0n) is 17.0. The van der Waals surface area contributed by atoms with Crippen LogP contribution in [0.1, 0.15) is 60.8 Å². The van der Waals surface area contributed by atoms with E-state index in [1.165, 1.54) is 0 Å². The largest absolute Gasteiger partial charge is 0.494 e. The third kappa shape index (κ3) is 4.27. The van der Waals surface area contributed by atoms with Gasteiger partial charge in [0.25, 0.3) is 5.91 Å². The Morgan fingerprint density at radius 1 is 1.43 bits per heavy atom. The number of aryl methyl sites for hydroxylation is 2. The van der Waals surface area contributed by atoms with Crippen molar-refractivity contribution in [3.05, 3.63) is 39.7 Å². The van der Waals surface area contributed by atoms with Gasteiger partial charge in [-0.3, -0.25) is 9.48 Å². The van der Waals surface area contributed by atoms with Crippen molar-refractivity contribution in [2.75, 3.05) is 6.61 Å². The molecule has 0 saturated carbocycles. The van der Waals surface area contributed by atoms with Crippen LogP contribution >= 0.6 is 11.6 Å². The molecule has 28 heavy (non-hydrogen) atoms. The molecule has 6 nitrogen and oxygen atoms in total. The molecule has 0 unspecified atom stereocenters. The van der Waals surface area contributed by atoms with Gasteiger partial charge in [-0.1, -0.05) is 24.9 Å². The van der Waals surface area contributed by atoms with Gasteiger partial charge in [-0.25, -0.2) is 0 Å². The molecule has 3 rings (SSSR count). The first-order chi connectivity index (χ1) is 13.4. The molecule has 1 atom stereocenters. The highest BCUT2D eigenvalue weighted by Crippen LogP contribution is 2.35. The zero-order chi connectivity index (χ0) is 20.3. The van der Waals surface area contributed by atoms with Gasteiger partial charge in [0.2, 0.25) is 0 Å².